The third-order valence-corrected chi connectivity index (χ3v) is 6.41. The number of aryl methyl sites for hydroxylation is 2. The maximum absolute atomic E-state index is 13.1. The number of hydrogen-bond acceptors (Lipinski definition) is 7. The van der Waals surface area contributed by atoms with Crippen molar-refractivity contribution < 1.29 is 19.1 Å². The molecule has 1 aromatic carbocycles. The topological polar surface area (TPSA) is 125 Å². The summed E-state index contributed by atoms with van der Waals surface area (Å²) in [4.78, 5) is 45.3. The molecular formula is C25H24N4O4S. The van der Waals surface area contributed by atoms with Crippen molar-refractivity contribution in [2.45, 2.75) is 38.0 Å². The third kappa shape index (κ3) is 5.02. The molecule has 3 rings (SSSR count). The molecule has 8 nitrogen and oxygen atoms in total. The largest absolute Gasteiger partial charge is 0.465 e. The minimum atomic E-state index is -0.606. The van der Waals surface area contributed by atoms with Crippen LogP contribution in [-0.2, 0) is 4.74 Å². The van der Waals surface area contributed by atoms with Crippen LogP contribution in [0.3, 0.4) is 0 Å². The fourth-order valence-electron chi connectivity index (χ4n) is 3.53. The Hall–Kier alpha value is -3.90. The number of pyridine rings is 1. The van der Waals surface area contributed by atoms with Crippen molar-refractivity contribution in [1.29, 1.82) is 5.26 Å². The first kappa shape index (κ1) is 24.7. The van der Waals surface area contributed by atoms with Gasteiger partial charge >= 0.3 is 5.97 Å². The van der Waals surface area contributed by atoms with Crippen LogP contribution < -0.4 is 5.32 Å². The zero-order valence-corrected chi connectivity index (χ0v) is 20.3. The Morgan fingerprint density at radius 1 is 1.18 bits per heavy atom. The number of H-pyrrole nitrogens is 1. The van der Waals surface area contributed by atoms with Crippen LogP contribution in [-0.4, -0.2) is 40.0 Å². The molecule has 9 heteroatoms. The van der Waals surface area contributed by atoms with Crippen LogP contribution in [0.25, 0.3) is 0 Å². The predicted octanol–water partition coefficient (Wildman–Crippen LogP) is 4.61. The van der Waals surface area contributed by atoms with Crippen molar-refractivity contribution in [3.8, 4) is 6.07 Å². The van der Waals surface area contributed by atoms with Gasteiger partial charge in [0.2, 0.25) is 0 Å². The monoisotopic (exact) mass is 476 g/mol. The molecule has 0 fully saturated rings. The van der Waals surface area contributed by atoms with E-state index in [9.17, 15) is 19.6 Å². The first-order valence-corrected chi connectivity index (χ1v) is 11.3. The molecule has 2 aromatic heterocycles. The van der Waals surface area contributed by atoms with Crippen LogP contribution in [0.4, 0.5) is 5.69 Å². The lowest BCUT2D eigenvalue weighted by atomic mass is 10.1. The molecule has 0 radical (unpaired) electrons. The van der Waals surface area contributed by atoms with E-state index in [1.165, 1.54) is 13.2 Å². The number of carbonyl (C=O) groups excluding carboxylic acids is 3. The summed E-state index contributed by atoms with van der Waals surface area (Å²) < 4.78 is 4.80. The average Bonchev–Trinajstić information content (AvgIpc) is 3.12. The summed E-state index contributed by atoms with van der Waals surface area (Å²) in [7, 11) is 1.29. The Balaban J connectivity index is 1.85. The highest BCUT2D eigenvalue weighted by Crippen LogP contribution is 2.30. The van der Waals surface area contributed by atoms with Crippen LogP contribution >= 0.6 is 11.8 Å². The number of thioether (sulfide) groups is 1. The van der Waals surface area contributed by atoms with Gasteiger partial charge in [-0.15, -0.1) is 0 Å². The van der Waals surface area contributed by atoms with E-state index in [4.69, 9.17) is 4.74 Å². The van der Waals surface area contributed by atoms with Gasteiger partial charge in [-0.05, 0) is 51.5 Å². The van der Waals surface area contributed by atoms with E-state index in [-0.39, 0.29) is 22.8 Å². The molecule has 2 heterocycles. The molecule has 3 aromatic rings. The number of nitriles is 1. The maximum Gasteiger partial charge on any atom is 0.339 e. The fraction of sp³-hybridized carbons (Fsp3) is 0.240. The number of benzene rings is 1. The van der Waals surface area contributed by atoms with E-state index < -0.39 is 11.2 Å². The number of amides is 1. The quantitative estimate of drug-likeness (QED) is 0.290. The Bertz CT molecular complexity index is 1310. The van der Waals surface area contributed by atoms with Gasteiger partial charge in [-0.2, -0.15) is 5.26 Å². The molecule has 0 aliphatic rings. The van der Waals surface area contributed by atoms with Gasteiger partial charge in [0.05, 0.1) is 40.4 Å². The lowest BCUT2D eigenvalue weighted by molar-refractivity contribution is 0.0599. The van der Waals surface area contributed by atoms with E-state index in [0.29, 0.717) is 38.9 Å². The molecular weight excluding hydrogens is 452 g/mol. The van der Waals surface area contributed by atoms with E-state index in [1.54, 1.807) is 52.0 Å². The first-order valence-electron chi connectivity index (χ1n) is 10.4. The Morgan fingerprint density at radius 2 is 1.85 bits per heavy atom. The van der Waals surface area contributed by atoms with Gasteiger partial charge < -0.3 is 15.0 Å². The molecule has 0 saturated carbocycles. The Morgan fingerprint density at radius 3 is 2.47 bits per heavy atom. The SMILES string of the molecule is COC(=O)c1c(C)[nH]c(C(=O)C(C)Sc2nc(C)c(C(=O)Nc3ccccc3)cc2C#N)c1C. The van der Waals surface area contributed by atoms with E-state index in [1.807, 2.05) is 6.07 Å². The van der Waals surface area contributed by atoms with Crippen molar-refractivity contribution >= 4 is 35.1 Å². The maximum atomic E-state index is 13.1. The standard InChI is InChI=1S/C25H24N4O4S/c1-13-20(25(32)33-5)15(3)27-21(13)22(30)16(4)34-24-17(12-26)11-19(14(2)28-24)23(31)29-18-9-7-6-8-10-18/h6-11,16,27H,1-5H3,(H,29,31). The van der Waals surface area contributed by atoms with Crippen molar-refractivity contribution in [1.82, 2.24) is 9.97 Å². The zero-order chi connectivity index (χ0) is 25.0. The summed E-state index contributed by atoms with van der Waals surface area (Å²) in [6.07, 6.45) is 0. The molecule has 1 atom stereocenters. The summed E-state index contributed by atoms with van der Waals surface area (Å²) in [5, 5.41) is 12.2. The smallest absolute Gasteiger partial charge is 0.339 e. The van der Waals surface area contributed by atoms with Crippen molar-refractivity contribution in [3.05, 3.63) is 75.7 Å². The van der Waals surface area contributed by atoms with E-state index >= 15 is 0 Å². The number of esters is 1. The molecule has 1 unspecified atom stereocenters. The van der Waals surface area contributed by atoms with Crippen molar-refractivity contribution in [2.24, 2.45) is 0 Å². The summed E-state index contributed by atoms with van der Waals surface area (Å²) in [5.74, 6) is -1.13. The Labute approximate surface area is 201 Å². The molecule has 0 spiro atoms. The number of Topliss-reactive ketones (excluding diaryl/α,β-unsaturated/α-hetero) is 1. The minimum Gasteiger partial charge on any atom is -0.465 e. The number of aromatic amines is 1. The molecule has 34 heavy (non-hydrogen) atoms. The van der Waals surface area contributed by atoms with Crippen LogP contribution in [0.15, 0.2) is 41.4 Å². The lowest BCUT2D eigenvalue weighted by Crippen LogP contribution is -2.17. The normalized spacial score (nSPS) is 11.4. The predicted molar refractivity (Wildman–Crippen MR) is 129 cm³/mol. The molecule has 0 aliphatic carbocycles. The molecule has 0 aliphatic heterocycles. The number of ketones is 1. The van der Waals surface area contributed by atoms with E-state index in [2.05, 4.69) is 21.4 Å². The van der Waals surface area contributed by atoms with Gasteiger partial charge in [-0.25, -0.2) is 9.78 Å². The number of carbonyl (C=O) groups is 3. The van der Waals surface area contributed by atoms with Gasteiger partial charge in [0.25, 0.3) is 5.91 Å². The zero-order valence-electron chi connectivity index (χ0n) is 19.5. The first-order chi connectivity index (χ1) is 16.2. The number of hydrogen-bond donors (Lipinski definition) is 2. The van der Waals surface area contributed by atoms with Crippen LogP contribution in [0.5, 0.6) is 0 Å². The highest BCUT2D eigenvalue weighted by Gasteiger charge is 2.27. The number of nitrogens with one attached hydrogen (secondary N) is 2. The summed E-state index contributed by atoms with van der Waals surface area (Å²) in [6, 6.07) is 12.5. The number of aromatic nitrogens is 2. The van der Waals surface area contributed by atoms with Crippen LogP contribution in [0.1, 0.15) is 60.6 Å². The highest BCUT2D eigenvalue weighted by molar-refractivity contribution is 8.00. The number of ether oxygens (including phenoxy) is 1. The number of methoxy groups -OCH3 is 1. The number of rotatable bonds is 7. The van der Waals surface area contributed by atoms with Crippen molar-refractivity contribution in [2.75, 3.05) is 12.4 Å². The molecule has 0 bridgehead atoms. The molecule has 174 valence electrons. The van der Waals surface area contributed by atoms with Crippen LogP contribution in [0.2, 0.25) is 0 Å². The fourth-order valence-corrected chi connectivity index (χ4v) is 4.51. The summed E-state index contributed by atoms with van der Waals surface area (Å²) in [5.41, 5.74) is 3.26. The highest BCUT2D eigenvalue weighted by atomic mass is 32.2. The second-order valence-electron chi connectivity index (χ2n) is 7.65. The van der Waals surface area contributed by atoms with Crippen LogP contribution in [0, 0.1) is 32.1 Å². The van der Waals surface area contributed by atoms with Gasteiger partial charge in [0.15, 0.2) is 5.78 Å². The third-order valence-electron chi connectivity index (χ3n) is 5.31. The summed E-state index contributed by atoms with van der Waals surface area (Å²) in [6.45, 7) is 6.77. The second-order valence-corrected chi connectivity index (χ2v) is 8.98. The minimum absolute atomic E-state index is 0.197. The second kappa shape index (κ2) is 10.4. The van der Waals surface area contributed by atoms with Gasteiger partial charge in [0.1, 0.15) is 11.1 Å². The van der Waals surface area contributed by atoms with Gasteiger partial charge in [0, 0.05) is 11.4 Å². The lowest BCUT2D eigenvalue weighted by Gasteiger charge is -2.13. The van der Waals surface area contributed by atoms with Crippen molar-refractivity contribution in [3.63, 3.8) is 0 Å². The van der Waals surface area contributed by atoms with Gasteiger partial charge in [-0.1, -0.05) is 30.0 Å². The number of para-hydroxylation sites is 1. The average molecular weight is 477 g/mol. The number of nitrogens with zero attached hydrogens (tertiary/aromatic N) is 2. The Kier molecular flexibility index (Phi) is 7.54. The molecule has 1 amide bonds. The molecule has 2 N–H and O–H groups in total. The van der Waals surface area contributed by atoms with E-state index in [0.717, 1.165) is 11.8 Å². The van der Waals surface area contributed by atoms with Gasteiger partial charge in [-0.3, -0.25) is 9.59 Å². The molecule has 0 saturated heterocycles. The summed E-state index contributed by atoms with van der Waals surface area (Å²) >= 11 is 1.12. The number of anilines is 1.